The summed E-state index contributed by atoms with van der Waals surface area (Å²) in [5.74, 6) is -0.901. The fourth-order valence-electron chi connectivity index (χ4n) is 3.54. The molecule has 148 valence electrons. The molecule has 30 heavy (non-hydrogen) atoms. The van der Waals surface area contributed by atoms with Crippen molar-refractivity contribution in [2.75, 3.05) is 5.32 Å². The number of aryl methyl sites for hydroxylation is 1. The monoisotopic (exact) mass is 418 g/mol. The number of para-hydroxylation sites is 2. The van der Waals surface area contributed by atoms with Gasteiger partial charge < -0.3 is 5.32 Å². The summed E-state index contributed by atoms with van der Waals surface area (Å²) in [5, 5.41) is 6.59. The van der Waals surface area contributed by atoms with Gasteiger partial charge in [0.15, 0.2) is 0 Å². The van der Waals surface area contributed by atoms with Crippen molar-refractivity contribution < 1.29 is 9.18 Å². The number of anilines is 1. The molecule has 0 aliphatic carbocycles. The highest BCUT2D eigenvalue weighted by Crippen LogP contribution is 2.28. The molecule has 0 spiro atoms. The van der Waals surface area contributed by atoms with Gasteiger partial charge in [-0.3, -0.25) is 19.4 Å². The van der Waals surface area contributed by atoms with E-state index in [-0.39, 0.29) is 11.3 Å². The summed E-state index contributed by atoms with van der Waals surface area (Å²) in [6.45, 7) is 1.94. The number of H-pyrrole nitrogens is 1. The van der Waals surface area contributed by atoms with Crippen LogP contribution in [0.25, 0.3) is 26.7 Å². The number of nitrogens with one attached hydrogen (secondary N) is 2. The largest absolute Gasteiger partial charge is 0.319 e. The summed E-state index contributed by atoms with van der Waals surface area (Å²) in [7, 11) is 0. The fraction of sp³-hybridized carbons (Fsp3) is 0.0455. The minimum atomic E-state index is -0.468. The van der Waals surface area contributed by atoms with E-state index < -0.39 is 11.7 Å². The van der Waals surface area contributed by atoms with Gasteiger partial charge in [0.2, 0.25) is 0 Å². The third-order valence-electron chi connectivity index (χ3n) is 4.97. The SMILES string of the molecule is Cc1ccccc1-n1[nH]c(=O)c2cccc(NC(=O)c3nsc4ccc(F)cc34)c21. The number of amides is 1. The lowest BCUT2D eigenvalue weighted by atomic mass is 10.1. The van der Waals surface area contributed by atoms with E-state index in [0.29, 0.717) is 22.0 Å². The number of nitrogens with zero attached hydrogens (tertiary/aromatic N) is 2. The molecule has 0 radical (unpaired) electrons. The van der Waals surface area contributed by atoms with Gasteiger partial charge in [-0.05, 0) is 60.4 Å². The van der Waals surface area contributed by atoms with Crippen LogP contribution in [-0.2, 0) is 0 Å². The van der Waals surface area contributed by atoms with E-state index in [0.717, 1.165) is 27.5 Å². The van der Waals surface area contributed by atoms with Crippen LogP contribution in [0.2, 0.25) is 0 Å². The average Bonchev–Trinajstić information content (AvgIpc) is 3.30. The Labute approximate surface area is 173 Å². The second-order valence-corrected chi connectivity index (χ2v) is 7.70. The van der Waals surface area contributed by atoms with E-state index >= 15 is 0 Å². The highest BCUT2D eigenvalue weighted by Gasteiger charge is 2.19. The summed E-state index contributed by atoms with van der Waals surface area (Å²) in [6, 6.07) is 17.0. The van der Waals surface area contributed by atoms with Crippen molar-refractivity contribution in [2.24, 2.45) is 0 Å². The number of rotatable bonds is 3. The molecule has 1 amide bonds. The summed E-state index contributed by atoms with van der Waals surface area (Å²) in [5.41, 5.74) is 2.66. The maximum Gasteiger partial charge on any atom is 0.276 e. The maximum atomic E-state index is 13.7. The van der Waals surface area contributed by atoms with Crippen LogP contribution in [0.4, 0.5) is 10.1 Å². The number of halogens is 1. The van der Waals surface area contributed by atoms with Gasteiger partial charge in [-0.25, -0.2) is 4.39 Å². The number of hydrogen-bond acceptors (Lipinski definition) is 4. The van der Waals surface area contributed by atoms with Crippen molar-refractivity contribution in [3.05, 3.63) is 88.1 Å². The number of carbonyl (C=O) groups excluding carboxylic acids is 1. The Kier molecular flexibility index (Phi) is 4.22. The molecule has 2 heterocycles. The van der Waals surface area contributed by atoms with Crippen molar-refractivity contribution >= 4 is 44.1 Å². The van der Waals surface area contributed by atoms with Gasteiger partial charge in [0.25, 0.3) is 11.5 Å². The smallest absolute Gasteiger partial charge is 0.276 e. The van der Waals surface area contributed by atoms with E-state index in [4.69, 9.17) is 0 Å². The fourth-order valence-corrected chi connectivity index (χ4v) is 4.29. The van der Waals surface area contributed by atoms with E-state index in [1.165, 1.54) is 12.1 Å². The van der Waals surface area contributed by atoms with E-state index in [1.54, 1.807) is 28.9 Å². The molecular weight excluding hydrogens is 403 g/mol. The molecule has 0 fully saturated rings. The topological polar surface area (TPSA) is 79.8 Å². The van der Waals surface area contributed by atoms with Crippen LogP contribution < -0.4 is 10.9 Å². The highest BCUT2D eigenvalue weighted by atomic mass is 32.1. The van der Waals surface area contributed by atoms with Crippen molar-refractivity contribution in [3.63, 3.8) is 0 Å². The van der Waals surface area contributed by atoms with Crippen LogP contribution >= 0.6 is 11.5 Å². The molecule has 6 nitrogen and oxygen atoms in total. The number of fused-ring (bicyclic) bond motifs is 2. The highest BCUT2D eigenvalue weighted by molar-refractivity contribution is 7.13. The zero-order chi connectivity index (χ0) is 20.8. The van der Waals surface area contributed by atoms with Crippen LogP contribution in [-0.4, -0.2) is 20.1 Å². The van der Waals surface area contributed by atoms with Gasteiger partial charge >= 0.3 is 0 Å². The lowest BCUT2D eigenvalue weighted by Crippen LogP contribution is -2.13. The molecule has 0 unspecified atom stereocenters. The van der Waals surface area contributed by atoms with Gasteiger partial charge in [0.1, 0.15) is 11.5 Å². The van der Waals surface area contributed by atoms with Crippen LogP contribution in [0, 0.1) is 12.7 Å². The second-order valence-electron chi connectivity index (χ2n) is 6.89. The van der Waals surface area contributed by atoms with Gasteiger partial charge in [-0.2, -0.15) is 4.37 Å². The third-order valence-corrected chi connectivity index (χ3v) is 5.80. The predicted molar refractivity (Wildman–Crippen MR) is 116 cm³/mol. The molecule has 0 saturated carbocycles. The Morgan fingerprint density at radius 1 is 1.10 bits per heavy atom. The Morgan fingerprint density at radius 3 is 2.77 bits per heavy atom. The molecule has 8 heteroatoms. The summed E-state index contributed by atoms with van der Waals surface area (Å²) < 4.78 is 20.3. The lowest BCUT2D eigenvalue weighted by molar-refractivity contribution is 0.102. The van der Waals surface area contributed by atoms with Gasteiger partial charge in [-0.1, -0.05) is 24.3 Å². The Balaban J connectivity index is 1.64. The number of carbonyl (C=O) groups is 1. The molecule has 2 N–H and O–H groups in total. The van der Waals surface area contributed by atoms with E-state index in [9.17, 15) is 14.0 Å². The molecule has 0 saturated heterocycles. The first-order valence-electron chi connectivity index (χ1n) is 9.19. The zero-order valence-electron chi connectivity index (χ0n) is 15.8. The Bertz CT molecular complexity index is 1500. The molecule has 0 bridgehead atoms. The Hall–Kier alpha value is -3.78. The first kappa shape index (κ1) is 18.3. The summed E-state index contributed by atoms with van der Waals surface area (Å²) in [4.78, 5) is 25.5. The number of hydrogen-bond donors (Lipinski definition) is 2. The number of benzene rings is 3. The molecule has 2 aromatic heterocycles. The van der Waals surface area contributed by atoms with Crippen LogP contribution in [0.1, 0.15) is 16.1 Å². The van der Waals surface area contributed by atoms with Crippen molar-refractivity contribution in [1.29, 1.82) is 0 Å². The van der Waals surface area contributed by atoms with Gasteiger partial charge in [0, 0.05) is 5.39 Å². The van der Waals surface area contributed by atoms with Gasteiger partial charge in [0.05, 0.1) is 27.0 Å². The first-order chi connectivity index (χ1) is 14.5. The minimum absolute atomic E-state index is 0.145. The molecule has 0 aliphatic rings. The van der Waals surface area contributed by atoms with Crippen LogP contribution in [0.15, 0.2) is 65.5 Å². The molecule has 0 aliphatic heterocycles. The Morgan fingerprint density at radius 2 is 1.93 bits per heavy atom. The molecule has 0 atom stereocenters. The first-order valence-corrected chi connectivity index (χ1v) is 9.96. The number of aromatic nitrogens is 3. The molecular formula is C22H15FN4O2S. The normalized spacial score (nSPS) is 11.3. The van der Waals surface area contributed by atoms with Crippen LogP contribution in [0.5, 0.6) is 0 Å². The number of aromatic amines is 1. The summed E-state index contributed by atoms with van der Waals surface area (Å²) >= 11 is 1.13. The van der Waals surface area contributed by atoms with Crippen molar-refractivity contribution in [3.8, 4) is 5.69 Å². The zero-order valence-corrected chi connectivity index (χ0v) is 16.6. The molecule has 3 aromatic carbocycles. The van der Waals surface area contributed by atoms with E-state index in [1.807, 2.05) is 31.2 Å². The van der Waals surface area contributed by atoms with Gasteiger partial charge in [-0.15, -0.1) is 0 Å². The lowest BCUT2D eigenvalue weighted by Gasteiger charge is -2.11. The third kappa shape index (κ3) is 2.89. The second kappa shape index (κ2) is 6.93. The van der Waals surface area contributed by atoms with Crippen LogP contribution in [0.3, 0.4) is 0 Å². The maximum absolute atomic E-state index is 13.7. The average molecular weight is 418 g/mol. The van der Waals surface area contributed by atoms with Crippen molar-refractivity contribution in [2.45, 2.75) is 6.92 Å². The minimum Gasteiger partial charge on any atom is -0.319 e. The molecule has 5 aromatic rings. The summed E-state index contributed by atoms with van der Waals surface area (Å²) in [6.07, 6.45) is 0. The predicted octanol–water partition coefficient (Wildman–Crippen LogP) is 4.63. The quantitative estimate of drug-likeness (QED) is 0.448. The molecule has 5 rings (SSSR count). The standard InChI is InChI=1S/C22H15FN4O2S/c1-12-5-2-3-8-17(12)27-20-14(21(28)25-27)6-4-7-16(20)24-22(29)19-15-11-13(23)9-10-18(15)30-26-19/h2-11H,1H3,(H,24,29)(H,25,28). The van der Waals surface area contributed by atoms with E-state index in [2.05, 4.69) is 14.8 Å². The van der Waals surface area contributed by atoms with Crippen molar-refractivity contribution in [1.82, 2.24) is 14.2 Å².